The van der Waals surface area contributed by atoms with Gasteiger partial charge in [-0.25, -0.2) is 8.78 Å². The molecule has 1 nitrogen and oxygen atoms in total. The van der Waals surface area contributed by atoms with Crippen LogP contribution in [0.3, 0.4) is 0 Å². The van der Waals surface area contributed by atoms with Gasteiger partial charge in [-0.1, -0.05) is 25.4 Å². The molecule has 1 aromatic carbocycles. The quantitative estimate of drug-likeness (QED) is 0.868. The fourth-order valence-electron chi connectivity index (χ4n) is 1.51. The van der Waals surface area contributed by atoms with Gasteiger partial charge >= 0.3 is 0 Å². The van der Waals surface area contributed by atoms with Crippen molar-refractivity contribution in [3.05, 3.63) is 34.6 Å². The van der Waals surface area contributed by atoms with Crippen molar-refractivity contribution >= 4 is 11.6 Å². The second-order valence-corrected chi connectivity index (χ2v) is 4.71. The molecule has 0 saturated heterocycles. The second-order valence-electron chi connectivity index (χ2n) is 4.31. The zero-order valence-electron chi connectivity index (χ0n) is 9.43. The van der Waals surface area contributed by atoms with E-state index in [-0.39, 0.29) is 18.9 Å². The Morgan fingerprint density at radius 2 is 2.06 bits per heavy atom. The van der Waals surface area contributed by atoms with E-state index < -0.39 is 11.5 Å². The van der Waals surface area contributed by atoms with E-state index in [1.54, 1.807) is 13.8 Å². The minimum atomic E-state index is -1.54. The third-order valence-electron chi connectivity index (χ3n) is 2.87. The molecule has 0 spiro atoms. The molecule has 0 aliphatic carbocycles. The van der Waals surface area contributed by atoms with Gasteiger partial charge in [0.2, 0.25) is 0 Å². The van der Waals surface area contributed by atoms with E-state index in [1.165, 1.54) is 18.2 Å². The van der Waals surface area contributed by atoms with Gasteiger partial charge in [-0.2, -0.15) is 0 Å². The third kappa shape index (κ3) is 2.92. The molecule has 16 heavy (non-hydrogen) atoms. The van der Waals surface area contributed by atoms with Crippen LogP contribution in [0.5, 0.6) is 0 Å². The topological polar surface area (TPSA) is 26.0 Å². The Bertz CT molecular complexity index is 368. The van der Waals surface area contributed by atoms with Gasteiger partial charge in [0.05, 0.1) is 0 Å². The van der Waals surface area contributed by atoms with Gasteiger partial charge in [0.15, 0.2) is 0 Å². The third-order valence-corrected chi connectivity index (χ3v) is 3.23. The largest absolute Gasteiger partial charge is 0.328 e. The number of alkyl halides is 1. The van der Waals surface area contributed by atoms with Crippen LogP contribution in [0.4, 0.5) is 8.78 Å². The van der Waals surface area contributed by atoms with E-state index in [9.17, 15) is 8.78 Å². The summed E-state index contributed by atoms with van der Waals surface area (Å²) < 4.78 is 27.3. The minimum Gasteiger partial charge on any atom is -0.328 e. The van der Waals surface area contributed by atoms with Crippen molar-refractivity contribution in [1.29, 1.82) is 0 Å². The number of halogens is 3. The van der Waals surface area contributed by atoms with Crippen molar-refractivity contribution in [3.63, 3.8) is 0 Å². The van der Waals surface area contributed by atoms with Gasteiger partial charge in [-0.15, -0.1) is 0 Å². The molecule has 1 atom stereocenters. The van der Waals surface area contributed by atoms with Gasteiger partial charge in [-0.3, -0.25) is 0 Å². The molecule has 0 saturated carbocycles. The molecule has 0 bridgehead atoms. The van der Waals surface area contributed by atoms with E-state index in [0.29, 0.717) is 10.6 Å². The van der Waals surface area contributed by atoms with E-state index in [0.717, 1.165) is 0 Å². The van der Waals surface area contributed by atoms with Crippen LogP contribution in [0, 0.1) is 11.7 Å². The predicted molar refractivity (Wildman–Crippen MR) is 62.8 cm³/mol. The number of nitrogens with two attached hydrogens (primary N) is 1. The first-order chi connectivity index (χ1) is 7.39. The molecule has 0 aliphatic rings. The normalized spacial score (nSPS) is 15.2. The van der Waals surface area contributed by atoms with Crippen LogP contribution in [-0.4, -0.2) is 12.2 Å². The highest BCUT2D eigenvalue weighted by Gasteiger charge is 2.33. The molecule has 0 aromatic heterocycles. The van der Waals surface area contributed by atoms with E-state index >= 15 is 0 Å². The number of hydrogen-bond donors (Lipinski definition) is 1. The smallest absolute Gasteiger partial charge is 0.129 e. The second kappa shape index (κ2) is 5.11. The van der Waals surface area contributed by atoms with Crippen LogP contribution in [0.15, 0.2) is 18.2 Å². The summed E-state index contributed by atoms with van der Waals surface area (Å²) in [6, 6.07) is 3.95. The Morgan fingerprint density at radius 3 is 2.56 bits per heavy atom. The van der Waals surface area contributed by atoms with Crippen LogP contribution in [0.2, 0.25) is 5.02 Å². The lowest BCUT2D eigenvalue weighted by Gasteiger charge is -2.28. The first kappa shape index (κ1) is 13.4. The van der Waals surface area contributed by atoms with Crippen molar-refractivity contribution in [2.45, 2.75) is 25.9 Å². The minimum absolute atomic E-state index is 0.0394. The lowest BCUT2D eigenvalue weighted by molar-refractivity contribution is 0.110. The maximum absolute atomic E-state index is 14.3. The maximum atomic E-state index is 14.3. The number of benzene rings is 1. The number of hydrogen-bond acceptors (Lipinski definition) is 1. The molecule has 0 heterocycles. The molecule has 4 heteroatoms. The lowest BCUT2D eigenvalue weighted by atomic mass is 9.86. The zero-order valence-corrected chi connectivity index (χ0v) is 10.2. The highest BCUT2D eigenvalue weighted by Crippen LogP contribution is 2.29. The first-order valence-electron chi connectivity index (χ1n) is 5.22. The van der Waals surface area contributed by atoms with Crippen LogP contribution in [-0.2, 0) is 6.42 Å². The summed E-state index contributed by atoms with van der Waals surface area (Å²) in [5.74, 6) is -0.653. The Balaban J connectivity index is 2.98. The van der Waals surface area contributed by atoms with Crippen molar-refractivity contribution < 1.29 is 8.78 Å². The van der Waals surface area contributed by atoms with Crippen LogP contribution in [0.25, 0.3) is 0 Å². The summed E-state index contributed by atoms with van der Waals surface area (Å²) in [6.45, 7) is 3.40. The molecule has 0 radical (unpaired) electrons. The molecule has 0 amide bonds. The van der Waals surface area contributed by atoms with Crippen molar-refractivity contribution in [3.8, 4) is 0 Å². The average Bonchev–Trinajstić information content (AvgIpc) is 2.23. The molecule has 2 N–H and O–H groups in total. The van der Waals surface area contributed by atoms with Gasteiger partial charge < -0.3 is 5.73 Å². The first-order valence-corrected chi connectivity index (χ1v) is 5.60. The van der Waals surface area contributed by atoms with E-state index in [4.69, 9.17) is 17.3 Å². The van der Waals surface area contributed by atoms with Crippen molar-refractivity contribution in [2.75, 3.05) is 6.54 Å². The fraction of sp³-hybridized carbons (Fsp3) is 0.500. The molecule has 1 rings (SSSR count). The lowest BCUT2D eigenvalue weighted by Crippen LogP contribution is -2.40. The van der Waals surface area contributed by atoms with Gasteiger partial charge in [0.1, 0.15) is 11.5 Å². The molecular formula is C12H16ClF2N. The van der Waals surface area contributed by atoms with E-state index in [1.807, 2.05) is 0 Å². The summed E-state index contributed by atoms with van der Waals surface area (Å²) in [5.41, 5.74) is 4.35. The molecule has 0 aliphatic heterocycles. The number of rotatable bonds is 4. The van der Waals surface area contributed by atoms with Crippen LogP contribution < -0.4 is 5.73 Å². The molecular weight excluding hydrogens is 232 g/mol. The molecule has 0 fully saturated rings. The summed E-state index contributed by atoms with van der Waals surface area (Å²) in [5, 5.41) is 0.373. The van der Waals surface area contributed by atoms with Crippen LogP contribution in [0.1, 0.15) is 19.4 Å². The standard InChI is InChI=1S/C12H16ClF2N/c1-8(2)12(15,7-16)6-9-5-10(14)3-4-11(9)13/h3-5,8H,6-7,16H2,1-2H3. The zero-order chi connectivity index (χ0) is 12.3. The molecule has 1 unspecified atom stereocenters. The summed E-state index contributed by atoms with van der Waals surface area (Å²) in [4.78, 5) is 0. The van der Waals surface area contributed by atoms with Gasteiger partial charge in [-0.05, 0) is 29.7 Å². The Kier molecular flexibility index (Phi) is 4.28. The Hall–Kier alpha value is -0.670. The molecule has 90 valence electrons. The highest BCUT2D eigenvalue weighted by atomic mass is 35.5. The van der Waals surface area contributed by atoms with Crippen LogP contribution >= 0.6 is 11.6 Å². The Morgan fingerprint density at radius 1 is 1.44 bits per heavy atom. The van der Waals surface area contributed by atoms with Gasteiger partial charge in [0.25, 0.3) is 0 Å². The summed E-state index contributed by atoms with van der Waals surface area (Å²) in [6.07, 6.45) is 0.0394. The maximum Gasteiger partial charge on any atom is 0.129 e. The Labute approximate surface area is 99.6 Å². The van der Waals surface area contributed by atoms with E-state index in [2.05, 4.69) is 0 Å². The summed E-state index contributed by atoms with van der Waals surface area (Å²) in [7, 11) is 0. The highest BCUT2D eigenvalue weighted by molar-refractivity contribution is 6.31. The van der Waals surface area contributed by atoms with Gasteiger partial charge in [0, 0.05) is 18.0 Å². The predicted octanol–water partition coefficient (Wildman–Crippen LogP) is 3.34. The van der Waals surface area contributed by atoms with Crippen molar-refractivity contribution in [1.82, 2.24) is 0 Å². The fourth-order valence-corrected chi connectivity index (χ4v) is 1.69. The molecule has 1 aromatic rings. The summed E-state index contributed by atoms with van der Waals surface area (Å²) >= 11 is 5.89. The van der Waals surface area contributed by atoms with Crippen molar-refractivity contribution in [2.24, 2.45) is 11.7 Å². The monoisotopic (exact) mass is 247 g/mol. The average molecular weight is 248 g/mol. The SMILES string of the molecule is CC(C)C(F)(CN)Cc1cc(F)ccc1Cl.